The van der Waals surface area contributed by atoms with Crippen LogP contribution in [0.5, 0.6) is 0 Å². The summed E-state index contributed by atoms with van der Waals surface area (Å²) in [6, 6.07) is -1.10. The van der Waals surface area contributed by atoms with Gasteiger partial charge in [-0.2, -0.15) is 0 Å². The molecule has 0 saturated carbocycles. The van der Waals surface area contributed by atoms with Crippen molar-refractivity contribution in [3.05, 3.63) is 0 Å². The summed E-state index contributed by atoms with van der Waals surface area (Å²) in [6.07, 6.45) is -0.451. The number of nitrogens with two attached hydrogens (primary N) is 1. The van der Waals surface area contributed by atoms with Gasteiger partial charge in [0, 0.05) is 13.5 Å². The van der Waals surface area contributed by atoms with Gasteiger partial charge in [0.1, 0.15) is 6.04 Å². The maximum atomic E-state index is 11.9. The molecule has 0 bridgehead atoms. The molecule has 0 aromatic rings. The fraction of sp³-hybridized carbons (Fsp3) is 0.846. The van der Waals surface area contributed by atoms with E-state index in [9.17, 15) is 18.0 Å². The molecule has 0 aliphatic heterocycles. The summed E-state index contributed by atoms with van der Waals surface area (Å²) in [5.41, 5.74) is 5.21. The summed E-state index contributed by atoms with van der Waals surface area (Å²) in [4.78, 5) is 22.9. The lowest BCUT2D eigenvalue weighted by molar-refractivity contribution is -0.127. The smallest absolute Gasteiger partial charge is 0.253 e. The van der Waals surface area contributed by atoms with Crippen LogP contribution >= 0.6 is 0 Å². The van der Waals surface area contributed by atoms with Crippen molar-refractivity contribution >= 4 is 21.8 Å². The van der Waals surface area contributed by atoms with E-state index in [-0.39, 0.29) is 24.5 Å². The van der Waals surface area contributed by atoms with Crippen molar-refractivity contribution in [2.24, 2.45) is 5.73 Å². The van der Waals surface area contributed by atoms with Gasteiger partial charge >= 0.3 is 0 Å². The van der Waals surface area contributed by atoms with E-state index < -0.39 is 33.7 Å². The SMILES string of the molecule is CNC(=O)CCCS(=O)(=O)NC(=O)[C@@H](N)[C@H](C)OC(C)(C)C. The molecule has 22 heavy (non-hydrogen) atoms. The average Bonchev–Trinajstić information content (AvgIpc) is 2.34. The monoisotopic (exact) mass is 337 g/mol. The Morgan fingerprint density at radius 2 is 1.82 bits per heavy atom. The Kier molecular flexibility index (Phi) is 7.99. The predicted molar refractivity (Wildman–Crippen MR) is 83.5 cm³/mol. The van der Waals surface area contributed by atoms with Gasteiger partial charge in [0.2, 0.25) is 15.9 Å². The Hall–Kier alpha value is -1.19. The maximum absolute atomic E-state index is 11.9. The Labute approximate surface area is 132 Å². The van der Waals surface area contributed by atoms with Crippen LogP contribution in [-0.4, -0.2) is 50.8 Å². The molecule has 0 saturated heterocycles. The second-order valence-electron chi connectivity index (χ2n) is 6.02. The molecule has 130 valence electrons. The van der Waals surface area contributed by atoms with E-state index in [0.29, 0.717) is 0 Å². The quantitative estimate of drug-likeness (QED) is 0.547. The summed E-state index contributed by atoms with van der Waals surface area (Å²) < 4.78 is 31.0. The van der Waals surface area contributed by atoms with Crippen LogP contribution in [0.15, 0.2) is 0 Å². The van der Waals surface area contributed by atoms with E-state index in [1.165, 1.54) is 7.05 Å². The van der Waals surface area contributed by atoms with Crippen molar-refractivity contribution in [1.82, 2.24) is 10.0 Å². The molecule has 0 rings (SSSR count). The number of carbonyl (C=O) groups is 2. The van der Waals surface area contributed by atoms with E-state index in [4.69, 9.17) is 10.5 Å². The molecule has 2 atom stereocenters. The minimum absolute atomic E-state index is 0.0706. The number of ether oxygens (including phenoxy) is 1. The van der Waals surface area contributed by atoms with E-state index in [1.807, 2.05) is 25.5 Å². The molecule has 0 aromatic heterocycles. The number of sulfonamides is 1. The highest BCUT2D eigenvalue weighted by molar-refractivity contribution is 7.90. The lowest BCUT2D eigenvalue weighted by Crippen LogP contribution is -2.51. The first-order valence-electron chi connectivity index (χ1n) is 7.06. The zero-order valence-electron chi connectivity index (χ0n) is 13.8. The molecule has 0 fully saturated rings. The van der Waals surface area contributed by atoms with Crippen molar-refractivity contribution in [2.45, 2.75) is 58.3 Å². The van der Waals surface area contributed by atoms with Gasteiger partial charge in [-0.25, -0.2) is 8.42 Å². The third kappa shape index (κ3) is 8.96. The van der Waals surface area contributed by atoms with Crippen molar-refractivity contribution in [3.8, 4) is 0 Å². The Balaban J connectivity index is 4.46. The minimum atomic E-state index is -3.82. The molecule has 0 heterocycles. The largest absolute Gasteiger partial charge is 0.371 e. The molecule has 2 amide bonds. The summed E-state index contributed by atoms with van der Waals surface area (Å²) in [6.45, 7) is 7.03. The van der Waals surface area contributed by atoms with Crippen LogP contribution in [0.25, 0.3) is 0 Å². The molecule has 0 spiro atoms. The third-order valence-corrected chi connectivity index (χ3v) is 4.04. The molecule has 0 unspecified atom stereocenters. The van der Waals surface area contributed by atoms with Gasteiger partial charge in [0.05, 0.1) is 17.5 Å². The van der Waals surface area contributed by atoms with Gasteiger partial charge in [-0.3, -0.25) is 14.3 Å². The summed E-state index contributed by atoms with van der Waals surface area (Å²) in [5.74, 6) is -1.41. The first-order valence-corrected chi connectivity index (χ1v) is 8.71. The van der Waals surface area contributed by atoms with E-state index in [1.54, 1.807) is 6.92 Å². The topological polar surface area (TPSA) is 128 Å². The number of hydrogen-bond acceptors (Lipinski definition) is 6. The Bertz CT molecular complexity index is 484. The molecular formula is C13H27N3O5S. The summed E-state index contributed by atoms with van der Waals surface area (Å²) in [7, 11) is -2.36. The molecular weight excluding hydrogens is 310 g/mol. The maximum Gasteiger partial charge on any atom is 0.253 e. The fourth-order valence-corrected chi connectivity index (χ4v) is 2.73. The number of carbonyl (C=O) groups excluding carboxylic acids is 2. The van der Waals surface area contributed by atoms with Crippen LogP contribution in [0.1, 0.15) is 40.5 Å². The van der Waals surface area contributed by atoms with Gasteiger partial charge in [-0.1, -0.05) is 0 Å². The fourth-order valence-electron chi connectivity index (χ4n) is 1.66. The summed E-state index contributed by atoms with van der Waals surface area (Å²) in [5, 5.41) is 2.39. The summed E-state index contributed by atoms with van der Waals surface area (Å²) >= 11 is 0. The van der Waals surface area contributed by atoms with Crippen molar-refractivity contribution in [1.29, 1.82) is 0 Å². The number of amides is 2. The Morgan fingerprint density at radius 3 is 2.27 bits per heavy atom. The molecule has 9 heteroatoms. The van der Waals surface area contributed by atoms with Gasteiger partial charge in [-0.15, -0.1) is 0 Å². The highest BCUT2D eigenvalue weighted by Gasteiger charge is 2.28. The van der Waals surface area contributed by atoms with Gasteiger partial charge in [0.15, 0.2) is 0 Å². The van der Waals surface area contributed by atoms with Crippen molar-refractivity contribution in [3.63, 3.8) is 0 Å². The van der Waals surface area contributed by atoms with Gasteiger partial charge in [0.25, 0.3) is 5.91 Å². The third-order valence-electron chi connectivity index (χ3n) is 2.70. The molecule has 0 aliphatic carbocycles. The number of rotatable bonds is 8. The standard InChI is InChI=1S/C13H27N3O5S/c1-9(21-13(2,3)4)11(14)12(18)16-22(19,20)8-6-7-10(17)15-5/h9,11H,6-8,14H2,1-5H3,(H,15,17)(H,16,18)/t9-,11-/m0/s1. The minimum Gasteiger partial charge on any atom is -0.371 e. The average molecular weight is 337 g/mol. The van der Waals surface area contributed by atoms with E-state index in [2.05, 4.69) is 5.32 Å². The first-order chi connectivity index (χ1) is 9.88. The van der Waals surface area contributed by atoms with Gasteiger partial charge < -0.3 is 15.8 Å². The van der Waals surface area contributed by atoms with Crippen LogP contribution in [0.2, 0.25) is 0 Å². The van der Waals surface area contributed by atoms with Crippen LogP contribution in [-0.2, 0) is 24.3 Å². The van der Waals surface area contributed by atoms with Crippen molar-refractivity contribution in [2.75, 3.05) is 12.8 Å². The predicted octanol–water partition coefficient (Wildman–Crippen LogP) is -0.510. The molecule has 8 nitrogen and oxygen atoms in total. The molecule has 0 aromatic carbocycles. The zero-order chi connectivity index (χ0) is 17.6. The first kappa shape index (κ1) is 20.8. The van der Waals surface area contributed by atoms with Crippen molar-refractivity contribution < 1.29 is 22.7 Å². The number of nitrogens with one attached hydrogen (secondary N) is 2. The van der Waals surface area contributed by atoms with Crippen LogP contribution in [0, 0.1) is 0 Å². The molecule has 4 N–H and O–H groups in total. The van der Waals surface area contributed by atoms with E-state index >= 15 is 0 Å². The highest BCUT2D eigenvalue weighted by atomic mass is 32.2. The zero-order valence-corrected chi connectivity index (χ0v) is 14.6. The molecule has 0 aliphatic rings. The highest BCUT2D eigenvalue weighted by Crippen LogP contribution is 2.12. The second kappa shape index (κ2) is 8.44. The second-order valence-corrected chi connectivity index (χ2v) is 7.86. The van der Waals surface area contributed by atoms with Crippen LogP contribution in [0.3, 0.4) is 0 Å². The normalized spacial score (nSPS) is 15.0. The lowest BCUT2D eigenvalue weighted by Gasteiger charge is -2.28. The lowest BCUT2D eigenvalue weighted by atomic mass is 10.1. The number of hydrogen-bond donors (Lipinski definition) is 3. The Morgan fingerprint density at radius 1 is 1.27 bits per heavy atom. The van der Waals surface area contributed by atoms with E-state index in [0.717, 1.165) is 0 Å². The van der Waals surface area contributed by atoms with Crippen LogP contribution < -0.4 is 15.8 Å². The van der Waals surface area contributed by atoms with Crippen LogP contribution in [0.4, 0.5) is 0 Å². The van der Waals surface area contributed by atoms with Gasteiger partial charge in [-0.05, 0) is 34.1 Å². The molecule has 0 radical (unpaired) electrons.